The number of hydrogen-bond acceptors (Lipinski definition) is 3. The average Bonchev–Trinajstić information content (AvgIpc) is 2.99. The summed E-state index contributed by atoms with van der Waals surface area (Å²) in [6, 6.07) is 12.5. The third kappa shape index (κ3) is 3.65. The first-order chi connectivity index (χ1) is 11.9. The number of rotatable bonds is 5. The fourth-order valence-corrected chi connectivity index (χ4v) is 3.48. The van der Waals surface area contributed by atoms with E-state index in [0.717, 1.165) is 29.8 Å². The Morgan fingerprint density at radius 1 is 1.16 bits per heavy atom. The highest BCUT2D eigenvalue weighted by molar-refractivity contribution is 5.60. The van der Waals surface area contributed by atoms with Gasteiger partial charge in [-0.3, -0.25) is 0 Å². The number of anilines is 1. The van der Waals surface area contributed by atoms with E-state index < -0.39 is 23.9 Å². The van der Waals surface area contributed by atoms with E-state index in [1.54, 1.807) is 13.1 Å². The Labute approximate surface area is 145 Å². The molecule has 0 saturated heterocycles. The fraction of sp³-hybridized carbons (Fsp3) is 0.368. The van der Waals surface area contributed by atoms with Crippen molar-refractivity contribution < 1.29 is 18.3 Å². The molecular formula is C19H21F3N2O. The monoisotopic (exact) mass is 350 g/mol. The zero-order valence-corrected chi connectivity index (χ0v) is 13.9. The van der Waals surface area contributed by atoms with Crippen LogP contribution in [0.25, 0.3) is 0 Å². The molecule has 1 heterocycles. The third-order valence-electron chi connectivity index (χ3n) is 4.59. The number of aliphatic hydroxyl groups excluding tert-OH is 1. The molecule has 0 saturated carbocycles. The maximum absolute atomic E-state index is 13.1. The van der Waals surface area contributed by atoms with Crippen LogP contribution in [-0.4, -0.2) is 31.3 Å². The molecule has 2 atom stereocenters. The van der Waals surface area contributed by atoms with Gasteiger partial charge in [-0.2, -0.15) is 13.2 Å². The highest BCUT2D eigenvalue weighted by atomic mass is 19.4. The van der Waals surface area contributed by atoms with E-state index in [-0.39, 0.29) is 0 Å². The molecule has 0 bridgehead atoms. The SMILES string of the molecule is CNCC(O)C(c1cccc(C(F)(F)F)c1)N1CCc2ccccc21. The van der Waals surface area contributed by atoms with Crippen molar-refractivity contribution in [2.24, 2.45) is 0 Å². The van der Waals surface area contributed by atoms with Crippen molar-refractivity contribution in [1.82, 2.24) is 5.32 Å². The van der Waals surface area contributed by atoms with Gasteiger partial charge in [0, 0.05) is 18.8 Å². The number of aliphatic hydroxyl groups is 1. The molecule has 0 amide bonds. The molecule has 2 N–H and O–H groups in total. The Balaban J connectivity index is 2.02. The van der Waals surface area contributed by atoms with Crippen molar-refractivity contribution in [3.8, 4) is 0 Å². The lowest BCUT2D eigenvalue weighted by Crippen LogP contribution is -2.40. The molecule has 6 heteroatoms. The van der Waals surface area contributed by atoms with E-state index in [0.29, 0.717) is 18.7 Å². The Kier molecular flexibility index (Phi) is 5.01. The van der Waals surface area contributed by atoms with Crippen LogP contribution < -0.4 is 10.2 Å². The van der Waals surface area contributed by atoms with Gasteiger partial charge in [-0.25, -0.2) is 0 Å². The normalized spacial score (nSPS) is 16.6. The molecule has 3 nitrogen and oxygen atoms in total. The van der Waals surface area contributed by atoms with Crippen LogP contribution in [0, 0.1) is 0 Å². The summed E-state index contributed by atoms with van der Waals surface area (Å²) in [5.41, 5.74) is 1.89. The van der Waals surface area contributed by atoms with Crippen molar-refractivity contribution >= 4 is 5.69 Å². The summed E-state index contributed by atoms with van der Waals surface area (Å²) in [6.07, 6.45) is -4.42. The van der Waals surface area contributed by atoms with Crippen molar-refractivity contribution in [2.45, 2.75) is 24.7 Å². The molecule has 2 aromatic carbocycles. The van der Waals surface area contributed by atoms with Crippen LogP contribution in [-0.2, 0) is 12.6 Å². The van der Waals surface area contributed by atoms with Crippen LogP contribution in [0.3, 0.4) is 0 Å². The Morgan fingerprint density at radius 2 is 1.92 bits per heavy atom. The third-order valence-corrected chi connectivity index (χ3v) is 4.59. The minimum Gasteiger partial charge on any atom is -0.389 e. The zero-order chi connectivity index (χ0) is 18.0. The van der Waals surface area contributed by atoms with Crippen LogP contribution in [0.2, 0.25) is 0 Å². The zero-order valence-electron chi connectivity index (χ0n) is 13.9. The van der Waals surface area contributed by atoms with E-state index in [9.17, 15) is 18.3 Å². The summed E-state index contributed by atoms with van der Waals surface area (Å²) in [4.78, 5) is 2.01. The minimum atomic E-state index is -4.41. The lowest BCUT2D eigenvalue weighted by molar-refractivity contribution is -0.137. The van der Waals surface area contributed by atoms with Crippen LogP contribution in [0.5, 0.6) is 0 Å². The molecule has 1 aliphatic rings. The predicted octanol–water partition coefficient (Wildman–Crippen LogP) is 3.39. The number of para-hydroxylation sites is 1. The largest absolute Gasteiger partial charge is 0.416 e. The molecular weight excluding hydrogens is 329 g/mol. The summed E-state index contributed by atoms with van der Waals surface area (Å²) in [6.45, 7) is 0.959. The number of nitrogens with zero attached hydrogens (tertiary/aromatic N) is 1. The number of halogens is 3. The molecule has 25 heavy (non-hydrogen) atoms. The van der Waals surface area contributed by atoms with Crippen molar-refractivity contribution in [3.63, 3.8) is 0 Å². The average molecular weight is 350 g/mol. The molecule has 2 aromatic rings. The topological polar surface area (TPSA) is 35.5 Å². The van der Waals surface area contributed by atoms with Crippen molar-refractivity contribution in [1.29, 1.82) is 0 Å². The number of benzene rings is 2. The van der Waals surface area contributed by atoms with Gasteiger partial charge in [0.2, 0.25) is 0 Å². The Hall–Kier alpha value is -2.05. The van der Waals surface area contributed by atoms with Crippen LogP contribution in [0.4, 0.5) is 18.9 Å². The molecule has 0 spiro atoms. The van der Waals surface area contributed by atoms with E-state index in [1.165, 1.54) is 6.07 Å². The lowest BCUT2D eigenvalue weighted by Gasteiger charge is -2.34. The first kappa shape index (κ1) is 17.8. The molecule has 134 valence electrons. The standard InChI is InChI=1S/C19H21F3N2O/c1-23-12-17(25)18(14-6-4-7-15(11-14)19(20,21)22)24-10-9-13-5-2-3-8-16(13)24/h2-8,11,17-18,23,25H,9-10,12H2,1H3. The molecule has 2 unspecified atom stereocenters. The number of hydrogen-bond donors (Lipinski definition) is 2. The molecule has 0 radical (unpaired) electrons. The number of likely N-dealkylation sites (N-methyl/N-ethyl adjacent to an activating group) is 1. The first-order valence-electron chi connectivity index (χ1n) is 8.26. The maximum atomic E-state index is 13.1. The second-order valence-electron chi connectivity index (χ2n) is 6.27. The summed E-state index contributed by atoms with van der Waals surface area (Å²) in [5.74, 6) is 0. The van der Waals surface area contributed by atoms with Crippen LogP contribution in [0.1, 0.15) is 22.7 Å². The number of alkyl halides is 3. The van der Waals surface area contributed by atoms with Crippen LogP contribution in [0.15, 0.2) is 48.5 Å². The van der Waals surface area contributed by atoms with Gasteiger partial charge in [-0.05, 0) is 42.8 Å². The van der Waals surface area contributed by atoms with Gasteiger partial charge in [0.15, 0.2) is 0 Å². The van der Waals surface area contributed by atoms with Gasteiger partial charge < -0.3 is 15.3 Å². The van der Waals surface area contributed by atoms with Gasteiger partial charge in [-0.15, -0.1) is 0 Å². The van der Waals surface area contributed by atoms with Crippen LogP contribution >= 0.6 is 0 Å². The van der Waals surface area contributed by atoms with Crippen molar-refractivity contribution in [2.75, 3.05) is 25.0 Å². The summed E-state index contributed by atoms with van der Waals surface area (Å²) in [7, 11) is 1.71. The van der Waals surface area contributed by atoms with E-state index in [2.05, 4.69) is 5.32 Å². The van der Waals surface area contributed by atoms with Gasteiger partial charge in [0.05, 0.1) is 17.7 Å². The quantitative estimate of drug-likeness (QED) is 0.868. The predicted molar refractivity (Wildman–Crippen MR) is 91.6 cm³/mol. The molecule has 0 aliphatic carbocycles. The second kappa shape index (κ2) is 7.06. The Morgan fingerprint density at radius 3 is 2.64 bits per heavy atom. The Bertz CT molecular complexity index is 733. The minimum absolute atomic E-state index is 0.291. The fourth-order valence-electron chi connectivity index (χ4n) is 3.48. The van der Waals surface area contributed by atoms with Gasteiger partial charge in [-0.1, -0.05) is 30.3 Å². The van der Waals surface area contributed by atoms with E-state index in [1.807, 2.05) is 29.2 Å². The number of fused-ring (bicyclic) bond motifs is 1. The lowest BCUT2D eigenvalue weighted by atomic mass is 9.97. The molecule has 0 fully saturated rings. The molecule has 1 aliphatic heterocycles. The highest BCUT2D eigenvalue weighted by Gasteiger charge is 2.35. The smallest absolute Gasteiger partial charge is 0.389 e. The second-order valence-corrected chi connectivity index (χ2v) is 6.27. The van der Waals surface area contributed by atoms with Crippen molar-refractivity contribution in [3.05, 3.63) is 65.2 Å². The first-order valence-corrected chi connectivity index (χ1v) is 8.26. The summed E-state index contributed by atoms with van der Waals surface area (Å²) < 4.78 is 39.3. The van der Waals surface area contributed by atoms with Gasteiger partial charge in [0.25, 0.3) is 0 Å². The van der Waals surface area contributed by atoms with Gasteiger partial charge in [0.1, 0.15) is 0 Å². The molecule has 3 rings (SSSR count). The maximum Gasteiger partial charge on any atom is 0.416 e. The highest BCUT2D eigenvalue weighted by Crippen LogP contribution is 2.38. The summed E-state index contributed by atoms with van der Waals surface area (Å²) >= 11 is 0. The summed E-state index contributed by atoms with van der Waals surface area (Å²) in [5, 5.41) is 13.6. The van der Waals surface area contributed by atoms with E-state index in [4.69, 9.17) is 0 Å². The molecule has 0 aromatic heterocycles. The van der Waals surface area contributed by atoms with E-state index >= 15 is 0 Å². The van der Waals surface area contributed by atoms with Gasteiger partial charge >= 0.3 is 6.18 Å². The number of nitrogens with one attached hydrogen (secondary N) is 1.